The van der Waals surface area contributed by atoms with E-state index in [0.29, 0.717) is 16.8 Å². The van der Waals surface area contributed by atoms with Crippen LogP contribution in [0.25, 0.3) is 5.57 Å². The number of hydrogen-bond acceptors (Lipinski definition) is 3. The van der Waals surface area contributed by atoms with Gasteiger partial charge in [0.1, 0.15) is 0 Å². The molecule has 4 rings (SSSR count). The molecule has 5 nitrogen and oxygen atoms in total. The lowest BCUT2D eigenvalue weighted by atomic mass is 9.95. The van der Waals surface area contributed by atoms with E-state index in [4.69, 9.17) is 0 Å². The van der Waals surface area contributed by atoms with Crippen LogP contribution in [-0.2, 0) is 21.4 Å². The summed E-state index contributed by atoms with van der Waals surface area (Å²) in [6, 6.07) is 24.3. The Morgan fingerprint density at radius 1 is 0.903 bits per heavy atom. The molecule has 0 saturated heterocycles. The fourth-order valence-electron chi connectivity index (χ4n) is 3.82. The average molecular weight is 433 g/mol. The fraction of sp³-hybridized carbons (Fsp3) is 0.160. The van der Waals surface area contributed by atoms with E-state index < -0.39 is 15.9 Å². The number of hydrogen-bond donors (Lipinski definition) is 1. The molecule has 0 unspecified atom stereocenters. The number of nitrogens with zero attached hydrogens (tertiary/aromatic N) is 1. The number of benzene rings is 3. The van der Waals surface area contributed by atoms with Crippen LogP contribution in [0.15, 0.2) is 83.8 Å². The van der Waals surface area contributed by atoms with E-state index in [1.54, 1.807) is 13.0 Å². The first kappa shape index (κ1) is 20.9. The number of anilines is 1. The highest BCUT2D eigenvalue weighted by molar-refractivity contribution is 7.97. The van der Waals surface area contributed by atoms with Gasteiger partial charge in [0.05, 0.1) is 5.69 Å². The lowest BCUT2D eigenvalue weighted by Crippen LogP contribution is -2.41. The number of carbonyl (C=O) groups is 1. The zero-order chi connectivity index (χ0) is 22.0. The van der Waals surface area contributed by atoms with Crippen molar-refractivity contribution in [1.82, 2.24) is 5.32 Å². The standard InChI is InChI=1S/C25H24N2O3S/c1-3-27-22-12-8-7-11-21(22)23(20-9-5-4-6-10-20)24(31(27,29)30)25(28)26-17-19-15-13-18(2)14-16-19/h4-16H,3,17H2,1-2H3,(H,26,28). The second-order valence-electron chi connectivity index (χ2n) is 7.43. The number of sulfonamides is 1. The van der Waals surface area contributed by atoms with Gasteiger partial charge in [-0.1, -0.05) is 78.4 Å². The third kappa shape index (κ3) is 3.86. The first-order valence-corrected chi connectivity index (χ1v) is 11.6. The Bertz CT molecular complexity index is 1250. The maximum Gasteiger partial charge on any atom is 0.270 e. The number of para-hydroxylation sites is 1. The largest absolute Gasteiger partial charge is 0.347 e. The van der Waals surface area contributed by atoms with E-state index >= 15 is 0 Å². The van der Waals surface area contributed by atoms with Crippen LogP contribution >= 0.6 is 0 Å². The van der Waals surface area contributed by atoms with Gasteiger partial charge in [0.15, 0.2) is 4.91 Å². The van der Waals surface area contributed by atoms with Crippen molar-refractivity contribution in [2.75, 3.05) is 10.8 Å². The van der Waals surface area contributed by atoms with E-state index in [9.17, 15) is 13.2 Å². The Hall–Kier alpha value is -3.38. The predicted octanol–water partition coefficient (Wildman–Crippen LogP) is 4.24. The molecule has 1 amide bonds. The maximum atomic E-state index is 13.6. The molecule has 0 bridgehead atoms. The van der Waals surface area contributed by atoms with Crippen molar-refractivity contribution in [2.24, 2.45) is 0 Å². The summed E-state index contributed by atoms with van der Waals surface area (Å²) in [5.74, 6) is -0.604. The number of carbonyl (C=O) groups excluding carboxylic acids is 1. The minimum atomic E-state index is -4.03. The highest BCUT2D eigenvalue weighted by Gasteiger charge is 2.40. The molecule has 31 heavy (non-hydrogen) atoms. The average Bonchev–Trinajstić information content (AvgIpc) is 2.78. The second-order valence-corrected chi connectivity index (χ2v) is 9.22. The molecule has 0 radical (unpaired) electrons. The van der Waals surface area contributed by atoms with Crippen LogP contribution in [-0.4, -0.2) is 20.9 Å². The van der Waals surface area contributed by atoms with Crippen LogP contribution in [0.1, 0.15) is 29.2 Å². The van der Waals surface area contributed by atoms with E-state index in [2.05, 4.69) is 5.32 Å². The molecule has 1 heterocycles. The summed E-state index contributed by atoms with van der Waals surface area (Å²) >= 11 is 0. The third-order valence-corrected chi connectivity index (χ3v) is 7.29. The molecule has 0 fully saturated rings. The Morgan fingerprint density at radius 3 is 2.23 bits per heavy atom. The van der Waals surface area contributed by atoms with E-state index in [1.165, 1.54) is 4.31 Å². The fourth-order valence-corrected chi connectivity index (χ4v) is 5.60. The summed E-state index contributed by atoms with van der Waals surface area (Å²) in [6.45, 7) is 4.23. The Labute approximate surface area is 183 Å². The quantitative estimate of drug-likeness (QED) is 0.656. The number of rotatable bonds is 5. The highest BCUT2D eigenvalue weighted by atomic mass is 32.2. The Kier molecular flexibility index (Phi) is 5.65. The number of nitrogens with one attached hydrogen (secondary N) is 1. The third-order valence-electron chi connectivity index (χ3n) is 5.35. The van der Waals surface area contributed by atoms with Gasteiger partial charge in [-0.2, -0.15) is 0 Å². The van der Waals surface area contributed by atoms with Crippen molar-refractivity contribution in [3.8, 4) is 0 Å². The molecular formula is C25H24N2O3S. The predicted molar refractivity (Wildman–Crippen MR) is 124 cm³/mol. The molecule has 158 valence electrons. The first-order chi connectivity index (χ1) is 14.9. The molecule has 0 spiro atoms. The van der Waals surface area contributed by atoms with Gasteiger partial charge in [0.25, 0.3) is 15.9 Å². The zero-order valence-electron chi connectivity index (χ0n) is 17.5. The highest BCUT2D eigenvalue weighted by Crippen LogP contribution is 2.42. The first-order valence-electron chi connectivity index (χ1n) is 10.2. The summed E-state index contributed by atoms with van der Waals surface area (Å²) in [7, 11) is -4.03. The molecule has 1 aliphatic rings. The van der Waals surface area contributed by atoms with E-state index in [-0.39, 0.29) is 18.0 Å². The van der Waals surface area contributed by atoms with Gasteiger partial charge in [-0.25, -0.2) is 8.42 Å². The number of aryl methyl sites for hydroxylation is 1. The van der Waals surface area contributed by atoms with E-state index in [1.807, 2.05) is 79.7 Å². The molecule has 0 aliphatic carbocycles. The smallest absolute Gasteiger partial charge is 0.270 e. The van der Waals surface area contributed by atoms with Gasteiger partial charge in [-0.15, -0.1) is 0 Å². The molecule has 1 aliphatic heterocycles. The molecule has 6 heteroatoms. The van der Waals surface area contributed by atoms with Gasteiger partial charge >= 0.3 is 0 Å². The molecule has 3 aromatic carbocycles. The number of amides is 1. The minimum absolute atomic E-state index is 0.216. The second kappa shape index (κ2) is 8.40. The van der Waals surface area contributed by atoms with Crippen LogP contribution in [0.2, 0.25) is 0 Å². The number of fused-ring (bicyclic) bond motifs is 1. The lowest BCUT2D eigenvalue weighted by Gasteiger charge is -2.32. The van der Waals surface area contributed by atoms with E-state index in [0.717, 1.165) is 16.7 Å². The summed E-state index contributed by atoms with van der Waals surface area (Å²) in [6.07, 6.45) is 0. The van der Waals surface area contributed by atoms with Gasteiger partial charge in [-0.3, -0.25) is 9.10 Å². The summed E-state index contributed by atoms with van der Waals surface area (Å²) < 4.78 is 28.5. The van der Waals surface area contributed by atoms with Gasteiger partial charge in [0, 0.05) is 24.2 Å². The Balaban J connectivity index is 1.86. The van der Waals surface area contributed by atoms with Crippen molar-refractivity contribution in [1.29, 1.82) is 0 Å². The van der Waals surface area contributed by atoms with Crippen molar-refractivity contribution >= 4 is 27.2 Å². The van der Waals surface area contributed by atoms with Crippen molar-refractivity contribution < 1.29 is 13.2 Å². The maximum absolute atomic E-state index is 13.6. The summed E-state index contributed by atoms with van der Waals surface area (Å²) in [5.41, 5.74) is 4.46. The molecule has 0 atom stereocenters. The molecular weight excluding hydrogens is 408 g/mol. The molecule has 3 aromatic rings. The van der Waals surface area contributed by atoms with Gasteiger partial charge < -0.3 is 5.32 Å². The zero-order valence-corrected chi connectivity index (χ0v) is 18.3. The van der Waals surface area contributed by atoms with Crippen LogP contribution in [0.5, 0.6) is 0 Å². The van der Waals surface area contributed by atoms with Crippen molar-refractivity contribution in [3.63, 3.8) is 0 Å². The lowest BCUT2D eigenvalue weighted by molar-refractivity contribution is -0.116. The summed E-state index contributed by atoms with van der Waals surface area (Å²) in [5, 5.41) is 2.82. The normalized spacial score (nSPS) is 14.8. The van der Waals surface area contributed by atoms with Crippen LogP contribution in [0.3, 0.4) is 0 Å². The monoisotopic (exact) mass is 432 g/mol. The van der Waals surface area contributed by atoms with Crippen LogP contribution in [0, 0.1) is 6.92 Å². The summed E-state index contributed by atoms with van der Waals surface area (Å²) in [4.78, 5) is 13.1. The van der Waals surface area contributed by atoms with Crippen molar-refractivity contribution in [3.05, 3.63) is 106 Å². The SMILES string of the molecule is CCN1c2ccccc2C(c2ccccc2)=C(C(=O)NCc2ccc(C)cc2)S1(=O)=O. The minimum Gasteiger partial charge on any atom is -0.347 e. The Morgan fingerprint density at radius 2 is 1.55 bits per heavy atom. The molecule has 0 aromatic heterocycles. The topological polar surface area (TPSA) is 66.5 Å². The molecule has 1 N–H and O–H groups in total. The van der Waals surface area contributed by atoms with Gasteiger partial charge in [-0.05, 0) is 31.0 Å². The van der Waals surface area contributed by atoms with Crippen LogP contribution < -0.4 is 9.62 Å². The van der Waals surface area contributed by atoms with Crippen LogP contribution in [0.4, 0.5) is 5.69 Å². The molecule has 0 saturated carbocycles. The van der Waals surface area contributed by atoms with Gasteiger partial charge in [0.2, 0.25) is 0 Å². The van der Waals surface area contributed by atoms with Crippen molar-refractivity contribution in [2.45, 2.75) is 20.4 Å².